The van der Waals surface area contributed by atoms with Gasteiger partial charge in [-0.2, -0.15) is 0 Å². The third-order valence-corrected chi connectivity index (χ3v) is 4.47. The van der Waals surface area contributed by atoms with Gasteiger partial charge in [0.25, 0.3) is 0 Å². The predicted molar refractivity (Wildman–Crippen MR) is 77.6 cm³/mol. The molecule has 0 amide bonds. The Morgan fingerprint density at radius 2 is 2.31 bits per heavy atom. The van der Waals surface area contributed by atoms with Gasteiger partial charge in [-0.25, -0.2) is 0 Å². The van der Waals surface area contributed by atoms with Crippen molar-refractivity contribution in [1.29, 1.82) is 0 Å². The summed E-state index contributed by atoms with van der Waals surface area (Å²) in [5, 5.41) is 10.2. The summed E-state index contributed by atoms with van der Waals surface area (Å²) in [5.74, 6) is 0. The molecule has 1 atom stereocenters. The lowest BCUT2D eigenvalue weighted by atomic mass is 10.1. The molecule has 1 heterocycles. The van der Waals surface area contributed by atoms with E-state index >= 15 is 0 Å². The lowest BCUT2D eigenvalue weighted by Gasteiger charge is -2.12. The van der Waals surface area contributed by atoms with Crippen LogP contribution in [-0.2, 0) is 6.42 Å². The van der Waals surface area contributed by atoms with Crippen LogP contribution in [0.2, 0.25) is 0 Å². The Bertz CT molecular complexity index is 475. The number of aromatic nitrogens is 1. The minimum absolute atomic E-state index is 0.468. The van der Waals surface area contributed by atoms with E-state index in [1.807, 2.05) is 18.2 Å². The van der Waals surface area contributed by atoms with E-state index in [2.05, 4.69) is 43.5 Å². The molecule has 1 aromatic carbocycles. The number of halogens is 2. The molecule has 0 fully saturated rings. The highest BCUT2D eigenvalue weighted by atomic mass is 127. The van der Waals surface area contributed by atoms with Crippen molar-refractivity contribution in [3.8, 4) is 0 Å². The molecule has 0 saturated carbocycles. The maximum Gasteiger partial charge on any atom is 0.0849 e. The summed E-state index contributed by atoms with van der Waals surface area (Å²) in [6.45, 7) is 0. The van der Waals surface area contributed by atoms with Gasteiger partial charge in [-0.1, -0.05) is 15.9 Å². The highest BCUT2D eigenvalue weighted by Gasteiger charge is 2.13. The van der Waals surface area contributed by atoms with Crippen LogP contribution in [0.25, 0.3) is 0 Å². The standard InChI is InChI=1S/C11H9BrINOS/c12-7-1-2-10(13)9(3-7)11(15)4-8-5-14-6-16-8/h1-3,5-6,11,15H,4H2. The number of aliphatic hydroxyl groups is 1. The van der Waals surface area contributed by atoms with Crippen LogP contribution in [0.3, 0.4) is 0 Å². The molecule has 1 unspecified atom stereocenters. The number of aliphatic hydroxyl groups excluding tert-OH is 1. The topological polar surface area (TPSA) is 33.1 Å². The Hall–Kier alpha value is 0.0200. The van der Waals surface area contributed by atoms with Crippen molar-refractivity contribution in [3.05, 3.63) is 48.4 Å². The molecule has 1 N–H and O–H groups in total. The first-order chi connectivity index (χ1) is 7.66. The minimum atomic E-state index is -0.468. The highest BCUT2D eigenvalue weighted by molar-refractivity contribution is 14.1. The average molecular weight is 410 g/mol. The molecule has 5 heteroatoms. The molecule has 2 aromatic rings. The van der Waals surface area contributed by atoms with Crippen molar-refractivity contribution >= 4 is 49.9 Å². The second-order valence-electron chi connectivity index (χ2n) is 3.35. The number of hydrogen-bond donors (Lipinski definition) is 1. The summed E-state index contributed by atoms with van der Waals surface area (Å²) in [6.07, 6.45) is 1.96. The van der Waals surface area contributed by atoms with E-state index in [-0.39, 0.29) is 0 Å². The van der Waals surface area contributed by atoms with E-state index in [0.717, 1.165) is 18.5 Å². The fourth-order valence-corrected chi connectivity index (χ4v) is 3.12. The second-order valence-corrected chi connectivity index (χ2v) is 6.40. The molecule has 0 spiro atoms. The normalized spacial score (nSPS) is 12.7. The van der Waals surface area contributed by atoms with Gasteiger partial charge in [-0.05, 0) is 46.4 Å². The van der Waals surface area contributed by atoms with E-state index in [1.54, 1.807) is 23.0 Å². The Balaban J connectivity index is 2.20. The Labute approximate surface area is 120 Å². The van der Waals surface area contributed by atoms with Gasteiger partial charge >= 0.3 is 0 Å². The van der Waals surface area contributed by atoms with Crippen LogP contribution in [0.4, 0.5) is 0 Å². The molecule has 0 aliphatic rings. The fraction of sp³-hybridized carbons (Fsp3) is 0.182. The van der Waals surface area contributed by atoms with Crippen LogP contribution in [0.15, 0.2) is 34.4 Å². The van der Waals surface area contributed by atoms with E-state index in [4.69, 9.17) is 0 Å². The van der Waals surface area contributed by atoms with Crippen molar-refractivity contribution in [2.75, 3.05) is 0 Å². The van der Waals surface area contributed by atoms with Gasteiger partial charge in [0.2, 0.25) is 0 Å². The van der Waals surface area contributed by atoms with Crippen molar-refractivity contribution in [2.24, 2.45) is 0 Å². The van der Waals surface area contributed by atoms with Gasteiger partial charge in [0, 0.05) is 25.5 Å². The Kier molecular flexibility index (Phi) is 4.34. The lowest BCUT2D eigenvalue weighted by Crippen LogP contribution is -2.02. The SMILES string of the molecule is OC(Cc1cncs1)c1cc(Br)ccc1I. The van der Waals surface area contributed by atoms with Crippen LogP contribution >= 0.6 is 49.9 Å². The summed E-state index contributed by atoms with van der Waals surface area (Å²) in [5.41, 5.74) is 2.75. The average Bonchev–Trinajstić information content (AvgIpc) is 2.74. The number of thiazole rings is 1. The fourth-order valence-electron chi connectivity index (χ4n) is 1.41. The van der Waals surface area contributed by atoms with Crippen LogP contribution in [0.1, 0.15) is 16.5 Å². The third kappa shape index (κ3) is 3.03. The molecule has 16 heavy (non-hydrogen) atoms. The van der Waals surface area contributed by atoms with E-state index < -0.39 is 6.10 Å². The molecule has 0 radical (unpaired) electrons. The van der Waals surface area contributed by atoms with E-state index in [9.17, 15) is 5.11 Å². The van der Waals surface area contributed by atoms with Crippen LogP contribution in [-0.4, -0.2) is 10.1 Å². The molecule has 0 bridgehead atoms. The number of nitrogens with zero attached hydrogens (tertiary/aromatic N) is 1. The van der Waals surface area contributed by atoms with Crippen molar-refractivity contribution in [1.82, 2.24) is 4.98 Å². The number of benzene rings is 1. The first kappa shape index (κ1) is 12.5. The smallest absolute Gasteiger partial charge is 0.0849 e. The van der Waals surface area contributed by atoms with E-state index in [0.29, 0.717) is 6.42 Å². The lowest BCUT2D eigenvalue weighted by molar-refractivity contribution is 0.178. The first-order valence-electron chi connectivity index (χ1n) is 4.67. The molecule has 0 aliphatic carbocycles. The number of rotatable bonds is 3. The Morgan fingerprint density at radius 1 is 1.50 bits per heavy atom. The van der Waals surface area contributed by atoms with Gasteiger partial charge in [0.05, 0.1) is 11.6 Å². The number of hydrogen-bond acceptors (Lipinski definition) is 3. The molecular formula is C11H9BrINOS. The quantitative estimate of drug-likeness (QED) is 0.782. The molecular weight excluding hydrogens is 401 g/mol. The Morgan fingerprint density at radius 3 is 3.00 bits per heavy atom. The molecule has 1 aromatic heterocycles. The largest absolute Gasteiger partial charge is 0.388 e. The molecule has 2 nitrogen and oxygen atoms in total. The summed E-state index contributed by atoms with van der Waals surface area (Å²) in [6, 6.07) is 5.94. The molecule has 84 valence electrons. The monoisotopic (exact) mass is 409 g/mol. The molecule has 2 rings (SSSR count). The zero-order valence-corrected chi connectivity index (χ0v) is 12.8. The van der Waals surface area contributed by atoms with E-state index in [1.165, 1.54) is 0 Å². The van der Waals surface area contributed by atoms with Gasteiger partial charge in [-0.15, -0.1) is 11.3 Å². The minimum Gasteiger partial charge on any atom is -0.388 e. The van der Waals surface area contributed by atoms with Crippen molar-refractivity contribution < 1.29 is 5.11 Å². The van der Waals surface area contributed by atoms with Gasteiger partial charge in [-0.3, -0.25) is 4.98 Å². The van der Waals surface area contributed by atoms with Gasteiger partial charge in [0.1, 0.15) is 0 Å². The molecule has 0 aliphatic heterocycles. The predicted octanol–water partition coefficient (Wildman–Crippen LogP) is 3.79. The van der Waals surface area contributed by atoms with Crippen LogP contribution in [0.5, 0.6) is 0 Å². The zero-order valence-electron chi connectivity index (χ0n) is 8.23. The first-order valence-corrected chi connectivity index (χ1v) is 7.42. The maximum atomic E-state index is 10.2. The van der Waals surface area contributed by atoms with Crippen LogP contribution < -0.4 is 0 Å². The summed E-state index contributed by atoms with van der Waals surface area (Å²) < 4.78 is 2.07. The maximum absolute atomic E-state index is 10.2. The zero-order chi connectivity index (χ0) is 11.5. The summed E-state index contributed by atoms with van der Waals surface area (Å²) in [4.78, 5) is 5.11. The second kappa shape index (κ2) is 5.57. The van der Waals surface area contributed by atoms with Crippen LogP contribution in [0, 0.1) is 3.57 Å². The van der Waals surface area contributed by atoms with Gasteiger partial charge < -0.3 is 5.11 Å². The molecule has 0 saturated heterocycles. The third-order valence-electron chi connectivity index (χ3n) is 2.20. The summed E-state index contributed by atoms with van der Waals surface area (Å²) in [7, 11) is 0. The van der Waals surface area contributed by atoms with Gasteiger partial charge in [0.15, 0.2) is 0 Å². The highest BCUT2D eigenvalue weighted by Crippen LogP contribution is 2.27. The summed E-state index contributed by atoms with van der Waals surface area (Å²) >= 11 is 7.23. The van der Waals surface area contributed by atoms with Crippen molar-refractivity contribution in [3.63, 3.8) is 0 Å². The van der Waals surface area contributed by atoms with Crippen molar-refractivity contribution in [2.45, 2.75) is 12.5 Å².